The van der Waals surface area contributed by atoms with Crippen molar-refractivity contribution in [3.8, 4) is 0 Å². The monoisotopic (exact) mass is 282 g/mol. The SMILES string of the molecule is CN(c1ccccc1CN)S(=O)(=O)C1CCCCC1. The molecular weight excluding hydrogens is 260 g/mol. The third-order valence-electron chi connectivity index (χ3n) is 3.91. The number of benzene rings is 1. The number of para-hydroxylation sites is 1. The van der Waals surface area contributed by atoms with E-state index in [-0.39, 0.29) is 5.25 Å². The van der Waals surface area contributed by atoms with E-state index in [0.29, 0.717) is 12.2 Å². The zero-order valence-electron chi connectivity index (χ0n) is 11.4. The number of hydrogen-bond donors (Lipinski definition) is 1. The molecule has 1 aromatic rings. The normalized spacial score (nSPS) is 17.4. The minimum absolute atomic E-state index is 0.239. The van der Waals surface area contributed by atoms with Crippen LogP contribution in [0, 0.1) is 0 Å². The van der Waals surface area contributed by atoms with Crippen molar-refractivity contribution in [1.29, 1.82) is 0 Å². The summed E-state index contributed by atoms with van der Waals surface area (Å²) in [5.74, 6) is 0. The summed E-state index contributed by atoms with van der Waals surface area (Å²) in [6.07, 6.45) is 4.72. The highest BCUT2D eigenvalue weighted by molar-refractivity contribution is 7.93. The second kappa shape index (κ2) is 5.92. The predicted molar refractivity (Wildman–Crippen MR) is 78.5 cm³/mol. The highest BCUT2D eigenvalue weighted by Gasteiger charge is 2.31. The lowest BCUT2D eigenvalue weighted by atomic mass is 10.0. The van der Waals surface area contributed by atoms with E-state index in [1.165, 1.54) is 4.31 Å². The number of hydrogen-bond acceptors (Lipinski definition) is 3. The van der Waals surface area contributed by atoms with Crippen molar-refractivity contribution >= 4 is 15.7 Å². The molecule has 1 fully saturated rings. The van der Waals surface area contributed by atoms with Crippen LogP contribution >= 0.6 is 0 Å². The van der Waals surface area contributed by atoms with Crippen LogP contribution in [0.1, 0.15) is 37.7 Å². The van der Waals surface area contributed by atoms with Crippen molar-refractivity contribution in [2.75, 3.05) is 11.4 Å². The third-order valence-corrected chi connectivity index (χ3v) is 6.18. The maximum Gasteiger partial charge on any atom is 0.237 e. The van der Waals surface area contributed by atoms with Crippen LogP contribution in [0.2, 0.25) is 0 Å². The molecule has 0 heterocycles. The number of nitrogens with zero attached hydrogens (tertiary/aromatic N) is 1. The van der Waals surface area contributed by atoms with E-state index < -0.39 is 10.0 Å². The highest BCUT2D eigenvalue weighted by Crippen LogP contribution is 2.29. The molecule has 2 rings (SSSR count). The summed E-state index contributed by atoms with van der Waals surface area (Å²) in [6, 6.07) is 7.43. The van der Waals surface area contributed by atoms with Gasteiger partial charge in [-0.2, -0.15) is 0 Å². The molecular formula is C14H22N2O2S. The first kappa shape index (κ1) is 14.3. The van der Waals surface area contributed by atoms with Crippen molar-refractivity contribution in [3.05, 3.63) is 29.8 Å². The van der Waals surface area contributed by atoms with Gasteiger partial charge in [-0.05, 0) is 24.5 Å². The summed E-state index contributed by atoms with van der Waals surface area (Å²) in [5.41, 5.74) is 7.26. The van der Waals surface area contributed by atoms with Crippen molar-refractivity contribution in [3.63, 3.8) is 0 Å². The summed E-state index contributed by atoms with van der Waals surface area (Å²) < 4.78 is 26.7. The molecule has 5 heteroatoms. The Bertz CT molecular complexity index is 522. The van der Waals surface area contributed by atoms with E-state index in [1.54, 1.807) is 7.05 Å². The van der Waals surface area contributed by atoms with Crippen LogP contribution in [0.3, 0.4) is 0 Å². The zero-order valence-corrected chi connectivity index (χ0v) is 12.2. The Labute approximate surface area is 115 Å². The van der Waals surface area contributed by atoms with E-state index in [2.05, 4.69) is 0 Å². The Morgan fingerprint density at radius 3 is 2.47 bits per heavy atom. The van der Waals surface area contributed by atoms with Crippen LogP contribution in [0.25, 0.3) is 0 Å². The van der Waals surface area contributed by atoms with E-state index in [4.69, 9.17) is 5.73 Å². The quantitative estimate of drug-likeness (QED) is 0.921. The van der Waals surface area contributed by atoms with Crippen LogP contribution in [-0.4, -0.2) is 20.7 Å². The van der Waals surface area contributed by atoms with Gasteiger partial charge in [-0.3, -0.25) is 4.31 Å². The Balaban J connectivity index is 2.29. The van der Waals surface area contributed by atoms with E-state index in [0.717, 1.165) is 37.7 Å². The van der Waals surface area contributed by atoms with Crippen molar-refractivity contribution in [1.82, 2.24) is 0 Å². The van der Waals surface area contributed by atoms with Gasteiger partial charge in [0.2, 0.25) is 10.0 Å². The molecule has 0 saturated heterocycles. The highest BCUT2D eigenvalue weighted by atomic mass is 32.2. The molecule has 2 N–H and O–H groups in total. The summed E-state index contributed by atoms with van der Waals surface area (Å²) in [7, 11) is -1.63. The van der Waals surface area contributed by atoms with Crippen LogP contribution in [0.4, 0.5) is 5.69 Å². The van der Waals surface area contributed by atoms with Gasteiger partial charge in [-0.25, -0.2) is 8.42 Å². The first-order chi connectivity index (χ1) is 9.07. The molecule has 0 atom stereocenters. The van der Waals surface area contributed by atoms with Crippen LogP contribution < -0.4 is 10.0 Å². The van der Waals surface area contributed by atoms with Gasteiger partial charge < -0.3 is 5.73 Å². The van der Waals surface area contributed by atoms with Gasteiger partial charge in [0.25, 0.3) is 0 Å². The second-order valence-corrected chi connectivity index (χ2v) is 7.35. The van der Waals surface area contributed by atoms with Crippen LogP contribution in [0.5, 0.6) is 0 Å². The molecule has 1 aromatic carbocycles. The molecule has 1 aliphatic carbocycles. The number of nitrogens with two attached hydrogens (primary N) is 1. The van der Waals surface area contributed by atoms with Crippen molar-refractivity contribution in [2.45, 2.75) is 43.9 Å². The fourth-order valence-electron chi connectivity index (χ4n) is 2.71. The minimum atomic E-state index is -3.27. The third kappa shape index (κ3) is 2.92. The number of rotatable bonds is 4. The average molecular weight is 282 g/mol. The molecule has 0 unspecified atom stereocenters. The molecule has 1 saturated carbocycles. The Morgan fingerprint density at radius 2 is 1.84 bits per heavy atom. The molecule has 0 amide bonds. The molecule has 0 spiro atoms. The lowest BCUT2D eigenvalue weighted by Gasteiger charge is -2.29. The molecule has 106 valence electrons. The molecule has 1 aliphatic rings. The fourth-order valence-corrected chi connectivity index (χ4v) is 4.54. The number of anilines is 1. The first-order valence-electron chi connectivity index (χ1n) is 6.83. The van der Waals surface area contributed by atoms with Gasteiger partial charge in [0.05, 0.1) is 10.9 Å². The molecule has 19 heavy (non-hydrogen) atoms. The lowest BCUT2D eigenvalue weighted by Crippen LogP contribution is -2.37. The Kier molecular flexibility index (Phi) is 4.47. The topological polar surface area (TPSA) is 63.4 Å². The van der Waals surface area contributed by atoms with Crippen molar-refractivity contribution in [2.24, 2.45) is 5.73 Å². The maximum atomic E-state index is 12.6. The standard InChI is InChI=1S/C14H22N2O2S/c1-16(14-10-6-5-7-12(14)11-15)19(17,18)13-8-3-2-4-9-13/h5-7,10,13H,2-4,8-9,11,15H2,1H3. The Hall–Kier alpha value is -1.07. The molecule has 0 aliphatic heterocycles. The lowest BCUT2D eigenvalue weighted by molar-refractivity contribution is 0.483. The van der Waals surface area contributed by atoms with Gasteiger partial charge in [-0.15, -0.1) is 0 Å². The molecule has 0 aromatic heterocycles. The smallest absolute Gasteiger partial charge is 0.237 e. The first-order valence-corrected chi connectivity index (χ1v) is 8.33. The second-order valence-electron chi connectivity index (χ2n) is 5.11. The predicted octanol–water partition coefficient (Wildman–Crippen LogP) is 2.24. The van der Waals surface area contributed by atoms with Gasteiger partial charge >= 0.3 is 0 Å². The summed E-state index contributed by atoms with van der Waals surface area (Å²) in [4.78, 5) is 0. The van der Waals surface area contributed by atoms with E-state index in [1.807, 2.05) is 24.3 Å². The van der Waals surface area contributed by atoms with Crippen LogP contribution in [0.15, 0.2) is 24.3 Å². The van der Waals surface area contributed by atoms with Crippen molar-refractivity contribution < 1.29 is 8.42 Å². The maximum absolute atomic E-state index is 12.6. The molecule has 0 bridgehead atoms. The molecule has 4 nitrogen and oxygen atoms in total. The van der Waals surface area contributed by atoms with E-state index in [9.17, 15) is 8.42 Å². The largest absolute Gasteiger partial charge is 0.326 e. The van der Waals surface area contributed by atoms with Gasteiger partial charge in [-0.1, -0.05) is 37.5 Å². The molecule has 0 radical (unpaired) electrons. The summed E-state index contributed by atoms with van der Waals surface area (Å²) in [5, 5.41) is -0.239. The average Bonchev–Trinajstić information content (AvgIpc) is 2.47. The summed E-state index contributed by atoms with van der Waals surface area (Å²) in [6.45, 7) is 0.348. The minimum Gasteiger partial charge on any atom is -0.326 e. The number of sulfonamides is 1. The van der Waals surface area contributed by atoms with E-state index >= 15 is 0 Å². The fraction of sp³-hybridized carbons (Fsp3) is 0.571. The van der Waals surface area contributed by atoms with Crippen LogP contribution in [-0.2, 0) is 16.6 Å². The zero-order chi connectivity index (χ0) is 13.9. The summed E-state index contributed by atoms with van der Waals surface area (Å²) >= 11 is 0. The van der Waals surface area contributed by atoms with Gasteiger partial charge in [0.15, 0.2) is 0 Å². The van der Waals surface area contributed by atoms with Gasteiger partial charge in [0, 0.05) is 13.6 Å². The van der Waals surface area contributed by atoms with Gasteiger partial charge in [0.1, 0.15) is 0 Å². The Morgan fingerprint density at radius 1 is 1.21 bits per heavy atom.